The number of nitrogens with one attached hydrogen (secondary N) is 1. The van der Waals surface area contributed by atoms with Gasteiger partial charge in [0.2, 0.25) is 0 Å². The van der Waals surface area contributed by atoms with E-state index in [4.69, 9.17) is 4.42 Å². The van der Waals surface area contributed by atoms with E-state index in [9.17, 15) is 0 Å². The van der Waals surface area contributed by atoms with Crippen LogP contribution in [-0.2, 0) is 0 Å². The van der Waals surface area contributed by atoms with Gasteiger partial charge in [0.05, 0.1) is 6.04 Å². The molecule has 1 N–H and O–H groups in total. The van der Waals surface area contributed by atoms with E-state index in [-0.39, 0.29) is 6.04 Å². The van der Waals surface area contributed by atoms with Crippen LogP contribution in [0, 0.1) is 6.92 Å². The average molecular weight is 285 g/mol. The Morgan fingerprint density at radius 3 is 2.43 bits per heavy atom. The van der Waals surface area contributed by atoms with Crippen molar-refractivity contribution < 1.29 is 4.42 Å². The maximum absolute atomic E-state index is 5.75. The zero-order valence-corrected chi connectivity index (χ0v) is 13.4. The first-order valence-electron chi connectivity index (χ1n) is 8.08. The predicted octanol–water partition coefficient (Wildman–Crippen LogP) is 5.56. The highest BCUT2D eigenvalue weighted by Crippen LogP contribution is 2.25. The number of benzene rings is 1. The predicted molar refractivity (Wildman–Crippen MR) is 88.3 cm³/mol. The Hall–Kier alpha value is -1.54. The van der Waals surface area contributed by atoms with E-state index < -0.39 is 0 Å². The molecule has 1 aromatic heterocycles. The van der Waals surface area contributed by atoms with Crippen molar-refractivity contribution in [2.24, 2.45) is 0 Å². The number of furan rings is 1. The van der Waals surface area contributed by atoms with Gasteiger partial charge in [-0.15, -0.1) is 0 Å². The van der Waals surface area contributed by atoms with E-state index in [0.717, 1.165) is 11.5 Å². The second-order valence-corrected chi connectivity index (χ2v) is 5.80. The zero-order chi connectivity index (χ0) is 15.1. The second-order valence-electron chi connectivity index (χ2n) is 5.80. The molecule has 0 saturated heterocycles. The smallest absolute Gasteiger partial charge is 0.120 e. The van der Waals surface area contributed by atoms with Crippen molar-refractivity contribution in [3.05, 3.63) is 59.5 Å². The van der Waals surface area contributed by atoms with Gasteiger partial charge < -0.3 is 9.73 Å². The Balaban J connectivity index is 2.04. The summed E-state index contributed by atoms with van der Waals surface area (Å²) in [6, 6.07) is 15.4. The fraction of sp³-hybridized carbons (Fsp3) is 0.474. The molecule has 0 aliphatic carbocycles. The lowest BCUT2D eigenvalue weighted by Crippen LogP contribution is -2.24. The summed E-state index contributed by atoms with van der Waals surface area (Å²) < 4.78 is 5.75. The first-order valence-corrected chi connectivity index (χ1v) is 8.08. The minimum Gasteiger partial charge on any atom is -0.465 e. The number of unbranched alkanes of at least 4 members (excludes halogenated alkanes) is 2. The van der Waals surface area contributed by atoms with E-state index in [2.05, 4.69) is 55.6 Å². The van der Waals surface area contributed by atoms with Gasteiger partial charge in [0.15, 0.2) is 0 Å². The van der Waals surface area contributed by atoms with E-state index in [1.165, 1.54) is 31.2 Å². The lowest BCUT2D eigenvalue weighted by Gasteiger charge is -2.23. The molecule has 2 aromatic rings. The van der Waals surface area contributed by atoms with Crippen LogP contribution in [0.1, 0.15) is 68.7 Å². The molecule has 1 heterocycles. The van der Waals surface area contributed by atoms with Crippen molar-refractivity contribution in [1.29, 1.82) is 0 Å². The Bertz CT molecular complexity index is 517. The summed E-state index contributed by atoms with van der Waals surface area (Å²) in [6.45, 7) is 6.42. The summed E-state index contributed by atoms with van der Waals surface area (Å²) in [6.07, 6.45) is 4.97. The quantitative estimate of drug-likeness (QED) is 0.642. The third-order valence-corrected chi connectivity index (χ3v) is 3.94. The van der Waals surface area contributed by atoms with Gasteiger partial charge in [-0.2, -0.15) is 0 Å². The summed E-state index contributed by atoms with van der Waals surface area (Å²) in [5.74, 6) is 1.99. The molecule has 0 aliphatic heterocycles. The maximum atomic E-state index is 5.75. The monoisotopic (exact) mass is 285 g/mol. The summed E-state index contributed by atoms with van der Waals surface area (Å²) >= 11 is 0. The fourth-order valence-electron chi connectivity index (χ4n) is 2.70. The normalized spacial score (nSPS) is 14.0. The SMILES string of the molecule is CCCCCC(NC(C)c1ccc(C)o1)c1ccccc1. The fourth-order valence-corrected chi connectivity index (χ4v) is 2.70. The second kappa shape index (κ2) is 8.04. The molecule has 0 radical (unpaired) electrons. The number of hydrogen-bond donors (Lipinski definition) is 1. The van der Waals surface area contributed by atoms with Crippen molar-refractivity contribution in [2.45, 2.75) is 58.5 Å². The highest BCUT2D eigenvalue weighted by atomic mass is 16.3. The standard InChI is InChI=1S/C19H27NO/c1-4-5-7-12-18(17-10-8-6-9-11-17)20-16(3)19-14-13-15(2)21-19/h6,8-11,13-14,16,18,20H,4-5,7,12H2,1-3H3. The topological polar surface area (TPSA) is 25.2 Å². The number of hydrogen-bond acceptors (Lipinski definition) is 2. The van der Waals surface area contributed by atoms with Crippen LogP contribution < -0.4 is 5.32 Å². The van der Waals surface area contributed by atoms with Gasteiger partial charge >= 0.3 is 0 Å². The van der Waals surface area contributed by atoms with Crippen molar-refractivity contribution in [3.8, 4) is 0 Å². The van der Waals surface area contributed by atoms with Crippen LogP contribution >= 0.6 is 0 Å². The molecule has 2 nitrogen and oxygen atoms in total. The lowest BCUT2D eigenvalue weighted by molar-refractivity contribution is 0.367. The third-order valence-electron chi connectivity index (χ3n) is 3.94. The summed E-state index contributed by atoms with van der Waals surface area (Å²) in [5, 5.41) is 3.73. The molecule has 2 heteroatoms. The molecule has 2 rings (SSSR count). The van der Waals surface area contributed by atoms with Crippen LogP contribution in [0.2, 0.25) is 0 Å². The van der Waals surface area contributed by atoms with Crippen LogP contribution in [0.4, 0.5) is 0 Å². The van der Waals surface area contributed by atoms with E-state index in [1.54, 1.807) is 0 Å². The first-order chi connectivity index (χ1) is 10.2. The molecule has 1 aromatic carbocycles. The maximum Gasteiger partial charge on any atom is 0.120 e. The highest BCUT2D eigenvalue weighted by Gasteiger charge is 2.16. The lowest BCUT2D eigenvalue weighted by atomic mass is 9.99. The number of aryl methyl sites for hydroxylation is 1. The molecular formula is C19H27NO. The van der Waals surface area contributed by atoms with Crippen LogP contribution in [0.15, 0.2) is 46.9 Å². The van der Waals surface area contributed by atoms with Crippen LogP contribution in [0.3, 0.4) is 0 Å². The van der Waals surface area contributed by atoms with E-state index >= 15 is 0 Å². The summed E-state index contributed by atoms with van der Waals surface area (Å²) in [7, 11) is 0. The van der Waals surface area contributed by atoms with Crippen molar-refractivity contribution >= 4 is 0 Å². The minimum atomic E-state index is 0.227. The average Bonchev–Trinajstić information content (AvgIpc) is 2.94. The van der Waals surface area contributed by atoms with Gasteiger partial charge in [-0.25, -0.2) is 0 Å². The van der Waals surface area contributed by atoms with Gasteiger partial charge in [0.25, 0.3) is 0 Å². The highest BCUT2D eigenvalue weighted by molar-refractivity contribution is 5.19. The molecular weight excluding hydrogens is 258 g/mol. The van der Waals surface area contributed by atoms with Crippen LogP contribution in [0.5, 0.6) is 0 Å². The molecule has 0 spiro atoms. The van der Waals surface area contributed by atoms with E-state index in [0.29, 0.717) is 6.04 Å². The van der Waals surface area contributed by atoms with Crippen LogP contribution in [0.25, 0.3) is 0 Å². The first kappa shape index (κ1) is 15.8. The Morgan fingerprint density at radius 1 is 1.05 bits per heavy atom. The molecule has 0 fully saturated rings. The summed E-state index contributed by atoms with van der Waals surface area (Å²) in [4.78, 5) is 0. The van der Waals surface area contributed by atoms with Gasteiger partial charge in [0.1, 0.15) is 11.5 Å². The number of rotatable bonds is 8. The van der Waals surface area contributed by atoms with Gasteiger partial charge in [-0.1, -0.05) is 56.5 Å². The zero-order valence-electron chi connectivity index (χ0n) is 13.4. The molecule has 0 amide bonds. The Kier molecular flexibility index (Phi) is 6.06. The van der Waals surface area contributed by atoms with Gasteiger partial charge in [-0.05, 0) is 38.0 Å². The van der Waals surface area contributed by atoms with Gasteiger partial charge in [0, 0.05) is 6.04 Å². The van der Waals surface area contributed by atoms with Gasteiger partial charge in [-0.3, -0.25) is 0 Å². The van der Waals surface area contributed by atoms with Crippen molar-refractivity contribution in [3.63, 3.8) is 0 Å². The minimum absolute atomic E-state index is 0.227. The largest absolute Gasteiger partial charge is 0.465 e. The summed E-state index contributed by atoms with van der Waals surface area (Å²) in [5.41, 5.74) is 1.36. The Morgan fingerprint density at radius 2 is 1.81 bits per heavy atom. The van der Waals surface area contributed by atoms with Crippen LogP contribution in [-0.4, -0.2) is 0 Å². The van der Waals surface area contributed by atoms with E-state index in [1.807, 2.05) is 13.0 Å². The molecule has 114 valence electrons. The molecule has 0 bridgehead atoms. The molecule has 2 unspecified atom stereocenters. The molecule has 0 saturated carbocycles. The molecule has 2 atom stereocenters. The van der Waals surface area contributed by atoms with Crippen molar-refractivity contribution in [2.75, 3.05) is 0 Å². The third kappa shape index (κ3) is 4.75. The van der Waals surface area contributed by atoms with Crippen molar-refractivity contribution in [1.82, 2.24) is 5.32 Å². The Labute approximate surface area is 128 Å². The molecule has 0 aliphatic rings. The molecule has 21 heavy (non-hydrogen) atoms.